The number of Topliss-reactive ketones (excluding diaryl/α,β-unsaturated/α-hetero) is 1. The summed E-state index contributed by atoms with van der Waals surface area (Å²) >= 11 is 0. The van der Waals surface area contributed by atoms with Crippen LogP contribution in [0.2, 0.25) is 0 Å². The first-order chi connectivity index (χ1) is 7.79. The van der Waals surface area contributed by atoms with Crippen LogP contribution in [0.25, 0.3) is 0 Å². The Kier molecular flexibility index (Phi) is 1.80. The molecule has 1 spiro atoms. The fourth-order valence-electron chi connectivity index (χ4n) is 5.19. The largest absolute Gasteiger partial charge is 0.298 e. The zero-order valence-electron chi connectivity index (χ0n) is 11.0. The third-order valence-electron chi connectivity index (χ3n) is 6.06. The molecule has 0 heterocycles. The summed E-state index contributed by atoms with van der Waals surface area (Å²) in [4.78, 5) is 25.0. The van der Waals surface area contributed by atoms with E-state index in [1.165, 1.54) is 0 Å². The molecule has 0 bridgehead atoms. The van der Waals surface area contributed by atoms with Gasteiger partial charge in [-0.15, -0.1) is 0 Å². The molecule has 0 aromatic heterocycles. The summed E-state index contributed by atoms with van der Waals surface area (Å²) < 4.78 is 0. The standard InChI is InChI=1S/C15H20O2/c1-9-5-6-10-13(2,3)12(17)14(4)11(16)7-8-15(9,10)14/h7-10H,5-6H2,1-4H3/t9-,10?,14+,15?/m0/s1. The molecule has 0 amide bonds. The molecule has 0 saturated heterocycles. The monoisotopic (exact) mass is 232 g/mol. The lowest BCUT2D eigenvalue weighted by Gasteiger charge is -2.38. The Morgan fingerprint density at radius 2 is 1.82 bits per heavy atom. The summed E-state index contributed by atoms with van der Waals surface area (Å²) in [6.45, 7) is 8.16. The van der Waals surface area contributed by atoms with Crippen molar-refractivity contribution in [2.75, 3.05) is 0 Å². The zero-order valence-corrected chi connectivity index (χ0v) is 11.0. The van der Waals surface area contributed by atoms with Crippen molar-refractivity contribution in [3.8, 4) is 0 Å². The van der Waals surface area contributed by atoms with Gasteiger partial charge in [-0.3, -0.25) is 9.59 Å². The number of ketones is 2. The van der Waals surface area contributed by atoms with Gasteiger partial charge in [-0.25, -0.2) is 0 Å². The molecule has 17 heavy (non-hydrogen) atoms. The van der Waals surface area contributed by atoms with Gasteiger partial charge in [0.25, 0.3) is 0 Å². The summed E-state index contributed by atoms with van der Waals surface area (Å²) in [6.07, 6.45) is 5.95. The molecule has 3 aliphatic rings. The highest BCUT2D eigenvalue weighted by Gasteiger charge is 2.76. The molecular weight excluding hydrogens is 212 g/mol. The normalized spacial score (nSPS) is 50.8. The SMILES string of the molecule is C[C@H]1CCC2C(C)(C)C(=O)[C@@]3(C)C(=O)C=CC213. The lowest BCUT2D eigenvalue weighted by molar-refractivity contribution is -0.141. The number of allylic oxidation sites excluding steroid dienone is 2. The second-order valence-electron chi connectivity index (χ2n) is 6.84. The predicted molar refractivity (Wildman–Crippen MR) is 65.4 cm³/mol. The smallest absolute Gasteiger partial charge is 0.169 e. The summed E-state index contributed by atoms with van der Waals surface area (Å²) in [5, 5.41) is 0. The van der Waals surface area contributed by atoms with Crippen LogP contribution in [0.15, 0.2) is 12.2 Å². The Hall–Kier alpha value is -0.920. The van der Waals surface area contributed by atoms with Crippen molar-refractivity contribution in [3.63, 3.8) is 0 Å². The maximum atomic E-state index is 12.7. The van der Waals surface area contributed by atoms with E-state index in [1.54, 1.807) is 6.08 Å². The van der Waals surface area contributed by atoms with Crippen LogP contribution in [0.5, 0.6) is 0 Å². The van der Waals surface area contributed by atoms with Crippen molar-refractivity contribution in [2.24, 2.45) is 28.1 Å². The van der Waals surface area contributed by atoms with Gasteiger partial charge in [0.1, 0.15) is 0 Å². The van der Waals surface area contributed by atoms with Gasteiger partial charge < -0.3 is 0 Å². The molecule has 0 aromatic carbocycles. The van der Waals surface area contributed by atoms with E-state index < -0.39 is 5.41 Å². The maximum absolute atomic E-state index is 12.7. The molecular formula is C15H20O2. The van der Waals surface area contributed by atoms with Gasteiger partial charge in [-0.05, 0) is 37.7 Å². The van der Waals surface area contributed by atoms with Crippen molar-refractivity contribution in [1.29, 1.82) is 0 Å². The first kappa shape index (κ1) is 11.2. The quantitative estimate of drug-likeness (QED) is 0.602. The molecule has 2 heteroatoms. The molecule has 0 radical (unpaired) electrons. The molecule has 92 valence electrons. The molecule has 0 aromatic rings. The van der Waals surface area contributed by atoms with Gasteiger partial charge in [0.15, 0.2) is 11.6 Å². The Morgan fingerprint density at radius 1 is 1.18 bits per heavy atom. The minimum Gasteiger partial charge on any atom is -0.298 e. The van der Waals surface area contributed by atoms with Crippen LogP contribution < -0.4 is 0 Å². The number of rotatable bonds is 0. The second kappa shape index (κ2) is 2.73. The van der Waals surface area contributed by atoms with Crippen LogP contribution in [0.1, 0.15) is 40.5 Å². The highest BCUT2D eigenvalue weighted by Crippen LogP contribution is 2.72. The number of hydrogen-bond acceptors (Lipinski definition) is 2. The van der Waals surface area contributed by atoms with Crippen LogP contribution in [-0.4, -0.2) is 11.6 Å². The molecule has 2 nitrogen and oxygen atoms in total. The third kappa shape index (κ3) is 0.850. The minimum absolute atomic E-state index is 0.0341. The highest BCUT2D eigenvalue weighted by molar-refractivity contribution is 6.18. The fraction of sp³-hybridized carbons (Fsp3) is 0.733. The lowest BCUT2D eigenvalue weighted by atomic mass is 9.61. The van der Waals surface area contributed by atoms with Crippen molar-refractivity contribution < 1.29 is 9.59 Å². The van der Waals surface area contributed by atoms with Crippen molar-refractivity contribution in [2.45, 2.75) is 40.5 Å². The third-order valence-corrected chi connectivity index (χ3v) is 6.06. The average molecular weight is 232 g/mol. The topological polar surface area (TPSA) is 34.1 Å². The van der Waals surface area contributed by atoms with E-state index in [0.717, 1.165) is 12.8 Å². The molecule has 0 aliphatic heterocycles. The van der Waals surface area contributed by atoms with Crippen molar-refractivity contribution in [1.82, 2.24) is 0 Å². The van der Waals surface area contributed by atoms with E-state index >= 15 is 0 Å². The Balaban J connectivity index is 2.31. The van der Waals surface area contributed by atoms with Crippen molar-refractivity contribution >= 4 is 11.6 Å². The summed E-state index contributed by atoms with van der Waals surface area (Å²) in [6, 6.07) is 0. The molecule has 2 unspecified atom stereocenters. The number of carbonyl (C=O) groups is 2. The molecule has 3 rings (SSSR count). The van der Waals surface area contributed by atoms with Gasteiger partial charge in [-0.1, -0.05) is 26.8 Å². The van der Waals surface area contributed by atoms with Crippen LogP contribution >= 0.6 is 0 Å². The van der Waals surface area contributed by atoms with Crippen LogP contribution in [0.3, 0.4) is 0 Å². The molecule has 3 aliphatic carbocycles. The van der Waals surface area contributed by atoms with E-state index in [9.17, 15) is 9.59 Å². The Bertz CT molecular complexity index is 460. The second-order valence-corrected chi connectivity index (χ2v) is 6.84. The first-order valence-electron chi connectivity index (χ1n) is 6.58. The average Bonchev–Trinajstić information content (AvgIpc) is 2.77. The van der Waals surface area contributed by atoms with Gasteiger partial charge in [0.05, 0.1) is 5.41 Å². The van der Waals surface area contributed by atoms with Crippen LogP contribution in [0, 0.1) is 28.1 Å². The van der Waals surface area contributed by atoms with E-state index in [-0.39, 0.29) is 22.4 Å². The van der Waals surface area contributed by atoms with E-state index in [2.05, 4.69) is 13.0 Å². The summed E-state index contributed by atoms with van der Waals surface area (Å²) in [5.41, 5.74) is -1.32. The molecule has 0 N–H and O–H groups in total. The summed E-state index contributed by atoms with van der Waals surface area (Å²) in [7, 11) is 0. The number of hydrogen-bond donors (Lipinski definition) is 0. The van der Waals surface area contributed by atoms with Gasteiger partial charge >= 0.3 is 0 Å². The fourth-order valence-corrected chi connectivity index (χ4v) is 5.19. The minimum atomic E-state index is -0.781. The molecule has 4 atom stereocenters. The van der Waals surface area contributed by atoms with E-state index in [1.807, 2.05) is 20.8 Å². The highest BCUT2D eigenvalue weighted by atomic mass is 16.2. The Morgan fingerprint density at radius 3 is 2.47 bits per heavy atom. The van der Waals surface area contributed by atoms with Crippen molar-refractivity contribution in [3.05, 3.63) is 12.2 Å². The summed E-state index contributed by atoms with van der Waals surface area (Å²) in [5.74, 6) is 0.972. The maximum Gasteiger partial charge on any atom is 0.169 e. The van der Waals surface area contributed by atoms with Crippen LogP contribution in [0.4, 0.5) is 0 Å². The zero-order chi connectivity index (χ0) is 12.6. The first-order valence-corrected chi connectivity index (χ1v) is 6.58. The van der Waals surface area contributed by atoms with Crippen LogP contribution in [-0.2, 0) is 9.59 Å². The molecule has 2 fully saturated rings. The Labute approximate surface area is 102 Å². The van der Waals surface area contributed by atoms with Gasteiger partial charge in [0, 0.05) is 10.8 Å². The van der Waals surface area contributed by atoms with Gasteiger partial charge in [0.2, 0.25) is 0 Å². The predicted octanol–water partition coefficient (Wildman–Crippen LogP) is 2.77. The van der Waals surface area contributed by atoms with E-state index in [4.69, 9.17) is 0 Å². The number of carbonyl (C=O) groups excluding carboxylic acids is 2. The van der Waals surface area contributed by atoms with E-state index in [0.29, 0.717) is 11.8 Å². The lowest BCUT2D eigenvalue weighted by Crippen LogP contribution is -2.44. The van der Waals surface area contributed by atoms with Gasteiger partial charge in [-0.2, -0.15) is 0 Å². The molecule has 2 saturated carbocycles.